The quantitative estimate of drug-likeness (QED) is 0.727. The fraction of sp³-hybridized carbons (Fsp3) is 0.278. The first-order valence-corrected chi connectivity index (χ1v) is 7.69. The van der Waals surface area contributed by atoms with Gasteiger partial charge in [-0.05, 0) is 19.4 Å². The maximum atomic E-state index is 4.59. The molecule has 3 rings (SSSR count). The number of hydrogen-bond acceptors (Lipinski definition) is 4. The van der Waals surface area contributed by atoms with E-state index in [1.807, 2.05) is 39.4 Å². The molecule has 0 bridgehead atoms. The van der Waals surface area contributed by atoms with Crippen LogP contribution in [0.15, 0.2) is 48.9 Å². The Morgan fingerprint density at radius 3 is 2.65 bits per heavy atom. The highest BCUT2D eigenvalue weighted by Gasteiger charge is 2.12. The van der Waals surface area contributed by atoms with Crippen LogP contribution in [-0.2, 0) is 13.1 Å². The van der Waals surface area contributed by atoms with Crippen LogP contribution in [0.3, 0.4) is 0 Å². The third kappa shape index (κ3) is 3.56. The van der Waals surface area contributed by atoms with Crippen molar-refractivity contribution in [1.29, 1.82) is 0 Å². The van der Waals surface area contributed by atoms with Crippen LogP contribution in [0.25, 0.3) is 0 Å². The van der Waals surface area contributed by atoms with Crippen molar-refractivity contribution in [3.8, 4) is 0 Å². The van der Waals surface area contributed by atoms with Crippen LogP contribution in [0.5, 0.6) is 0 Å². The van der Waals surface area contributed by atoms with E-state index >= 15 is 0 Å². The average Bonchev–Trinajstić information content (AvgIpc) is 2.97. The third-order valence-electron chi connectivity index (χ3n) is 3.79. The number of aromatic nitrogens is 4. The highest BCUT2D eigenvalue weighted by atomic mass is 15.2. The number of anilines is 1. The van der Waals surface area contributed by atoms with Crippen molar-refractivity contribution in [3.63, 3.8) is 0 Å². The van der Waals surface area contributed by atoms with Gasteiger partial charge in [-0.15, -0.1) is 0 Å². The van der Waals surface area contributed by atoms with Crippen LogP contribution >= 0.6 is 0 Å². The van der Waals surface area contributed by atoms with Crippen molar-refractivity contribution in [2.24, 2.45) is 0 Å². The second-order valence-electron chi connectivity index (χ2n) is 5.73. The first-order chi connectivity index (χ1) is 11.1. The molecule has 0 N–H and O–H groups in total. The zero-order valence-electron chi connectivity index (χ0n) is 13.8. The van der Waals surface area contributed by atoms with Crippen LogP contribution in [0.4, 0.5) is 5.82 Å². The molecule has 0 fully saturated rings. The molecule has 0 aliphatic carbocycles. The van der Waals surface area contributed by atoms with Gasteiger partial charge >= 0.3 is 0 Å². The molecule has 0 unspecified atom stereocenters. The molecule has 0 aliphatic heterocycles. The minimum absolute atomic E-state index is 0.693. The summed E-state index contributed by atoms with van der Waals surface area (Å²) >= 11 is 0. The van der Waals surface area contributed by atoms with Crippen LogP contribution < -0.4 is 4.90 Å². The van der Waals surface area contributed by atoms with E-state index in [-0.39, 0.29) is 0 Å². The van der Waals surface area contributed by atoms with E-state index in [0.29, 0.717) is 6.54 Å². The van der Waals surface area contributed by atoms with Crippen LogP contribution in [0.2, 0.25) is 0 Å². The van der Waals surface area contributed by atoms with Gasteiger partial charge in [0.2, 0.25) is 0 Å². The number of imidazole rings is 1. The van der Waals surface area contributed by atoms with Gasteiger partial charge in [-0.25, -0.2) is 9.97 Å². The van der Waals surface area contributed by atoms with Gasteiger partial charge in [0, 0.05) is 32.2 Å². The van der Waals surface area contributed by atoms with Gasteiger partial charge in [0.25, 0.3) is 0 Å². The second-order valence-corrected chi connectivity index (χ2v) is 5.73. The smallest absolute Gasteiger partial charge is 0.150 e. The maximum Gasteiger partial charge on any atom is 0.150 e. The van der Waals surface area contributed by atoms with Gasteiger partial charge in [0.05, 0.1) is 17.9 Å². The lowest BCUT2D eigenvalue weighted by Gasteiger charge is -2.20. The number of nitrogens with zero attached hydrogens (tertiary/aromatic N) is 5. The largest absolute Gasteiger partial charge is 0.351 e. The molecule has 0 saturated carbocycles. The monoisotopic (exact) mass is 307 g/mol. The maximum absolute atomic E-state index is 4.59. The molecule has 0 aliphatic rings. The number of aryl methyl sites for hydroxylation is 2. The van der Waals surface area contributed by atoms with E-state index in [2.05, 4.69) is 48.7 Å². The fourth-order valence-electron chi connectivity index (χ4n) is 2.59. The van der Waals surface area contributed by atoms with Gasteiger partial charge in [0.15, 0.2) is 0 Å². The summed E-state index contributed by atoms with van der Waals surface area (Å²) < 4.78 is 2.17. The van der Waals surface area contributed by atoms with Crippen LogP contribution in [-0.4, -0.2) is 26.6 Å². The SMILES string of the molecule is Cc1cnc(C)c(N(C)Cc2nccn2Cc2ccccc2)n1. The Hall–Kier alpha value is -2.69. The molecular weight excluding hydrogens is 286 g/mol. The molecule has 2 aromatic heterocycles. The van der Waals surface area contributed by atoms with Gasteiger partial charge in [0.1, 0.15) is 11.6 Å². The zero-order chi connectivity index (χ0) is 16.2. The van der Waals surface area contributed by atoms with Crippen LogP contribution in [0.1, 0.15) is 22.8 Å². The Balaban J connectivity index is 1.78. The lowest BCUT2D eigenvalue weighted by molar-refractivity contribution is 0.701. The third-order valence-corrected chi connectivity index (χ3v) is 3.79. The summed E-state index contributed by atoms with van der Waals surface area (Å²) in [6.45, 7) is 5.45. The topological polar surface area (TPSA) is 46.8 Å². The minimum Gasteiger partial charge on any atom is -0.351 e. The first-order valence-electron chi connectivity index (χ1n) is 7.69. The van der Waals surface area contributed by atoms with E-state index in [1.165, 1.54) is 5.56 Å². The molecule has 0 atom stereocenters. The summed E-state index contributed by atoms with van der Waals surface area (Å²) in [5, 5.41) is 0. The Labute approximate surface area is 136 Å². The lowest BCUT2D eigenvalue weighted by atomic mass is 10.2. The molecule has 23 heavy (non-hydrogen) atoms. The number of benzene rings is 1. The molecule has 5 heteroatoms. The van der Waals surface area contributed by atoms with Crippen LogP contribution in [0, 0.1) is 13.8 Å². The molecule has 2 heterocycles. The van der Waals surface area contributed by atoms with Crippen molar-refractivity contribution in [2.75, 3.05) is 11.9 Å². The zero-order valence-corrected chi connectivity index (χ0v) is 13.8. The Kier molecular flexibility index (Phi) is 4.37. The van der Waals surface area contributed by atoms with Crippen molar-refractivity contribution >= 4 is 5.82 Å². The van der Waals surface area contributed by atoms with Crippen molar-refractivity contribution in [3.05, 3.63) is 71.7 Å². The summed E-state index contributed by atoms with van der Waals surface area (Å²) in [7, 11) is 2.03. The Morgan fingerprint density at radius 2 is 1.87 bits per heavy atom. The summed E-state index contributed by atoms with van der Waals surface area (Å²) in [4.78, 5) is 15.6. The standard InChI is InChI=1S/C18H21N5/c1-14-11-20-15(2)18(21-14)22(3)13-17-19-9-10-23(17)12-16-7-5-4-6-8-16/h4-11H,12-13H2,1-3H3. The van der Waals surface area contributed by atoms with Crippen molar-refractivity contribution in [1.82, 2.24) is 19.5 Å². The van der Waals surface area contributed by atoms with Gasteiger partial charge in [-0.2, -0.15) is 0 Å². The highest BCUT2D eigenvalue weighted by Crippen LogP contribution is 2.16. The predicted octanol–water partition coefficient (Wildman–Crippen LogP) is 2.97. The Morgan fingerprint density at radius 1 is 1.09 bits per heavy atom. The van der Waals surface area contributed by atoms with Crippen molar-refractivity contribution in [2.45, 2.75) is 26.9 Å². The average molecular weight is 307 g/mol. The van der Waals surface area contributed by atoms with E-state index in [4.69, 9.17) is 0 Å². The first kappa shape index (κ1) is 15.2. The molecule has 0 spiro atoms. The fourth-order valence-corrected chi connectivity index (χ4v) is 2.59. The molecular formula is C18H21N5. The lowest BCUT2D eigenvalue weighted by Crippen LogP contribution is -2.22. The number of rotatable bonds is 5. The summed E-state index contributed by atoms with van der Waals surface area (Å²) in [6, 6.07) is 10.4. The second kappa shape index (κ2) is 6.60. The predicted molar refractivity (Wildman–Crippen MR) is 91.4 cm³/mol. The summed E-state index contributed by atoms with van der Waals surface area (Å²) in [6.07, 6.45) is 5.66. The van der Waals surface area contributed by atoms with Crippen molar-refractivity contribution < 1.29 is 0 Å². The van der Waals surface area contributed by atoms with E-state index in [1.54, 1.807) is 6.20 Å². The molecule has 3 aromatic rings. The van der Waals surface area contributed by atoms with Gasteiger partial charge in [-0.1, -0.05) is 30.3 Å². The molecule has 0 saturated heterocycles. The van der Waals surface area contributed by atoms with Gasteiger partial charge < -0.3 is 9.47 Å². The summed E-state index contributed by atoms with van der Waals surface area (Å²) in [5.41, 5.74) is 3.12. The minimum atomic E-state index is 0.693. The molecule has 1 aromatic carbocycles. The van der Waals surface area contributed by atoms with E-state index in [9.17, 15) is 0 Å². The molecule has 118 valence electrons. The molecule has 0 radical (unpaired) electrons. The molecule has 5 nitrogen and oxygen atoms in total. The summed E-state index contributed by atoms with van der Waals surface area (Å²) in [5.74, 6) is 1.92. The normalized spacial score (nSPS) is 10.7. The molecule has 0 amide bonds. The van der Waals surface area contributed by atoms with Gasteiger partial charge in [-0.3, -0.25) is 4.98 Å². The van der Waals surface area contributed by atoms with E-state index in [0.717, 1.165) is 29.6 Å². The highest BCUT2D eigenvalue weighted by molar-refractivity contribution is 5.42. The van der Waals surface area contributed by atoms with E-state index < -0.39 is 0 Å². The number of hydrogen-bond donors (Lipinski definition) is 0. The Bertz CT molecular complexity index is 779.